The SMILES string of the molecule is O=c1[nH]nc2ccc(N3CCCC(CN4CCCCCC4)C3)nn12. The van der Waals surface area contributed by atoms with Crippen molar-refractivity contribution in [3.8, 4) is 0 Å². The van der Waals surface area contributed by atoms with Crippen LogP contribution in [0.2, 0.25) is 0 Å². The first-order chi connectivity index (χ1) is 11.8. The van der Waals surface area contributed by atoms with Gasteiger partial charge in [-0.1, -0.05) is 12.8 Å². The molecule has 4 rings (SSSR count). The number of anilines is 1. The molecule has 2 aliphatic heterocycles. The second kappa shape index (κ2) is 6.93. The van der Waals surface area contributed by atoms with E-state index in [1.807, 2.05) is 12.1 Å². The number of piperidine rings is 1. The number of rotatable bonds is 3. The maximum atomic E-state index is 11.7. The Morgan fingerprint density at radius 2 is 1.92 bits per heavy atom. The van der Waals surface area contributed by atoms with Gasteiger partial charge in [-0.15, -0.1) is 5.10 Å². The van der Waals surface area contributed by atoms with E-state index in [9.17, 15) is 4.79 Å². The summed E-state index contributed by atoms with van der Waals surface area (Å²) in [5.74, 6) is 1.57. The highest BCUT2D eigenvalue weighted by Gasteiger charge is 2.24. The number of fused-ring (bicyclic) bond motifs is 1. The second-order valence-electron chi connectivity index (χ2n) is 7.16. The molecule has 130 valence electrons. The van der Waals surface area contributed by atoms with Crippen molar-refractivity contribution in [2.24, 2.45) is 5.92 Å². The van der Waals surface area contributed by atoms with Crippen molar-refractivity contribution in [2.45, 2.75) is 38.5 Å². The summed E-state index contributed by atoms with van der Waals surface area (Å²) in [6, 6.07) is 3.84. The van der Waals surface area contributed by atoms with E-state index in [1.54, 1.807) is 0 Å². The molecule has 2 fully saturated rings. The van der Waals surface area contributed by atoms with Crippen LogP contribution < -0.4 is 10.6 Å². The number of aromatic nitrogens is 4. The fourth-order valence-electron chi connectivity index (χ4n) is 4.07. The Morgan fingerprint density at radius 3 is 2.75 bits per heavy atom. The summed E-state index contributed by atoms with van der Waals surface area (Å²) in [4.78, 5) is 16.7. The van der Waals surface area contributed by atoms with Crippen LogP contribution in [0.15, 0.2) is 16.9 Å². The van der Waals surface area contributed by atoms with Crippen molar-refractivity contribution in [2.75, 3.05) is 37.6 Å². The van der Waals surface area contributed by atoms with Gasteiger partial charge in [-0.25, -0.2) is 9.89 Å². The van der Waals surface area contributed by atoms with Gasteiger partial charge in [0.1, 0.15) is 5.82 Å². The number of likely N-dealkylation sites (tertiary alicyclic amines) is 1. The molecule has 1 unspecified atom stereocenters. The molecule has 0 aliphatic carbocycles. The Balaban J connectivity index is 1.45. The van der Waals surface area contributed by atoms with Gasteiger partial charge in [0, 0.05) is 19.6 Å². The molecular formula is C17H26N6O. The average molecular weight is 330 g/mol. The number of hydrogen-bond acceptors (Lipinski definition) is 5. The minimum atomic E-state index is -0.273. The maximum absolute atomic E-state index is 11.7. The molecule has 1 atom stereocenters. The largest absolute Gasteiger partial charge is 0.364 e. The maximum Gasteiger partial charge on any atom is 0.364 e. The molecule has 7 heteroatoms. The molecular weight excluding hydrogens is 304 g/mol. The fraction of sp³-hybridized carbons (Fsp3) is 0.706. The lowest BCUT2D eigenvalue weighted by atomic mass is 9.97. The fourth-order valence-corrected chi connectivity index (χ4v) is 4.07. The molecule has 0 saturated carbocycles. The van der Waals surface area contributed by atoms with Crippen molar-refractivity contribution in [3.05, 3.63) is 22.6 Å². The van der Waals surface area contributed by atoms with Crippen LogP contribution >= 0.6 is 0 Å². The monoisotopic (exact) mass is 330 g/mol. The third-order valence-corrected chi connectivity index (χ3v) is 5.32. The third kappa shape index (κ3) is 3.31. The van der Waals surface area contributed by atoms with Crippen LogP contribution in [0.1, 0.15) is 38.5 Å². The smallest absolute Gasteiger partial charge is 0.355 e. The number of nitrogens with zero attached hydrogens (tertiary/aromatic N) is 5. The first-order valence-electron chi connectivity index (χ1n) is 9.21. The molecule has 0 radical (unpaired) electrons. The quantitative estimate of drug-likeness (QED) is 0.924. The summed E-state index contributed by atoms with van der Waals surface area (Å²) in [6.07, 6.45) is 7.95. The van der Waals surface area contributed by atoms with E-state index < -0.39 is 0 Å². The van der Waals surface area contributed by atoms with Gasteiger partial charge in [-0.05, 0) is 56.8 Å². The summed E-state index contributed by atoms with van der Waals surface area (Å²) in [5, 5.41) is 10.9. The zero-order chi connectivity index (χ0) is 16.4. The molecule has 0 amide bonds. The molecule has 2 aromatic rings. The van der Waals surface area contributed by atoms with E-state index in [0.29, 0.717) is 11.6 Å². The van der Waals surface area contributed by atoms with Gasteiger partial charge >= 0.3 is 5.69 Å². The zero-order valence-electron chi connectivity index (χ0n) is 14.2. The Hall–Kier alpha value is -1.89. The van der Waals surface area contributed by atoms with E-state index in [4.69, 9.17) is 0 Å². The summed E-state index contributed by atoms with van der Waals surface area (Å²) in [6.45, 7) is 5.75. The van der Waals surface area contributed by atoms with Crippen LogP contribution in [0, 0.1) is 5.92 Å². The Morgan fingerprint density at radius 1 is 1.08 bits per heavy atom. The predicted molar refractivity (Wildman–Crippen MR) is 93.5 cm³/mol. The minimum Gasteiger partial charge on any atom is -0.355 e. The summed E-state index contributed by atoms with van der Waals surface area (Å²) < 4.78 is 1.35. The van der Waals surface area contributed by atoms with Crippen LogP contribution in [0.3, 0.4) is 0 Å². The molecule has 1 N–H and O–H groups in total. The molecule has 7 nitrogen and oxygen atoms in total. The first kappa shape index (κ1) is 15.6. The van der Waals surface area contributed by atoms with Crippen molar-refractivity contribution >= 4 is 11.5 Å². The topological polar surface area (TPSA) is 69.5 Å². The highest BCUT2D eigenvalue weighted by atomic mass is 16.2. The number of aromatic amines is 1. The van der Waals surface area contributed by atoms with Gasteiger partial charge in [0.05, 0.1) is 0 Å². The van der Waals surface area contributed by atoms with Crippen LogP contribution in [0.4, 0.5) is 5.82 Å². The minimum absolute atomic E-state index is 0.273. The number of nitrogens with one attached hydrogen (secondary N) is 1. The van der Waals surface area contributed by atoms with Gasteiger partial charge in [-0.3, -0.25) is 0 Å². The van der Waals surface area contributed by atoms with E-state index in [2.05, 4.69) is 25.1 Å². The summed E-state index contributed by atoms with van der Waals surface area (Å²) >= 11 is 0. The first-order valence-corrected chi connectivity index (χ1v) is 9.21. The van der Waals surface area contributed by atoms with Gasteiger partial charge in [0.2, 0.25) is 0 Å². The summed E-state index contributed by atoms with van der Waals surface area (Å²) in [5.41, 5.74) is 0.298. The lowest BCUT2D eigenvalue weighted by molar-refractivity contribution is 0.222. The van der Waals surface area contributed by atoms with Crippen molar-refractivity contribution in [3.63, 3.8) is 0 Å². The lowest BCUT2D eigenvalue weighted by Crippen LogP contribution is -2.42. The number of hydrogen-bond donors (Lipinski definition) is 1. The molecule has 24 heavy (non-hydrogen) atoms. The highest BCUT2D eigenvalue weighted by molar-refractivity contribution is 5.45. The van der Waals surface area contributed by atoms with Crippen LogP contribution in [0.5, 0.6) is 0 Å². The highest BCUT2D eigenvalue weighted by Crippen LogP contribution is 2.23. The Kier molecular flexibility index (Phi) is 4.51. The number of H-pyrrole nitrogens is 1. The van der Waals surface area contributed by atoms with Crippen molar-refractivity contribution in [1.82, 2.24) is 24.7 Å². The molecule has 0 aromatic carbocycles. The van der Waals surface area contributed by atoms with Gasteiger partial charge in [-0.2, -0.15) is 9.61 Å². The second-order valence-corrected chi connectivity index (χ2v) is 7.16. The average Bonchev–Trinajstić information content (AvgIpc) is 2.81. The van der Waals surface area contributed by atoms with E-state index in [-0.39, 0.29) is 5.69 Å². The van der Waals surface area contributed by atoms with Crippen LogP contribution in [0.25, 0.3) is 5.65 Å². The zero-order valence-corrected chi connectivity index (χ0v) is 14.2. The van der Waals surface area contributed by atoms with Crippen molar-refractivity contribution in [1.29, 1.82) is 0 Å². The van der Waals surface area contributed by atoms with Crippen LogP contribution in [-0.2, 0) is 0 Å². The van der Waals surface area contributed by atoms with Gasteiger partial charge in [0.15, 0.2) is 5.65 Å². The Labute approximate surface area is 141 Å². The van der Waals surface area contributed by atoms with Crippen molar-refractivity contribution < 1.29 is 0 Å². The standard InChI is InChI=1S/C17H26N6O/c24-17-19-18-15-7-8-16(20-23(15)17)22-11-5-6-14(13-22)12-21-9-3-1-2-4-10-21/h7-8,14H,1-6,9-13H2,(H,19,24). The lowest BCUT2D eigenvalue weighted by Gasteiger charge is -2.36. The van der Waals surface area contributed by atoms with E-state index >= 15 is 0 Å². The van der Waals surface area contributed by atoms with E-state index in [0.717, 1.165) is 18.9 Å². The molecule has 2 saturated heterocycles. The molecule has 0 bridgehead atoms. The molecule has 0 spiro atoms. The normalized spacial score (nSPS) is 23.5. The van der Waals surface area contributed by atoms with Gasteiger partial charge in [0.25, 0.3) is 0 Å². The summed E-state index contributed by atoms with van der Waals surface area (Å²) in [7, 11) is 0. The molecule has 2 aliphatic rings. The van der Waals surface area contributed by atoms with Crippen LogP contribution in [-0.4, -0.2) is 57.4 Å². The van der Waals surface area contributed by atoms with Gasteiger partial charge < -0.3 is 9.80 Å². The predicted octanol–water partition coefficient (Wildman–Crippen LogP) is 1.51. The van der Waals surface area contributed by atoms with E-state index in [1.165, 1.54) is 62.7 Å². The molecule has 2 aromatic heterocycles. The third-order valence-electron chi connectivity index (χ3n) is 5.32. The molecule has 4 heterocycles. The Bertz CT molecular complexity index is 730.